The van der Waals surface area contributed by atoms with Gasteiger partial charge >= 0.3 is 11.9 Å². The van der Waals surface area contributed by atoms with Crippen LogP contribution in [-0.4, -0.2) is 55.1 Å². The van der Waals surface area contributed by atoms with E-state index in [-0.39, 0.29) is 18.0 Å². The summed E-state index contributed by atoms with van der Waals surface area (Å²) >= 11 is 0. The topological polar surface area (TPSA) is 84.9 Å². The lowest BCUT2D eigenvalue weighted by molar-refractivity contribution is -0.157. The molecule has 2 aliphatic heterocycles. The molecule has 2 bridgehead atoms. The van der Waals surface area contributed by atoms with E-state index in [0.29, 0.717) is 13.0 Å². The van der Waals surface area contributed by atoms with Gasteiger partial charge in [0.25, 0.3) is 0 Å². The standard InChI is InChI=1S/C21H28N2O5/c1-4-14(19(24)22-12-13-8-6-5-7-9-13)23-15-10-11-16(23)18(21(26)28-3)17(15)20(25)27-2/h5-9,14-18H,4,10-12H2,1-3H3,(H,22,24)/t14?,15-,16+,17-,18-/m1/s1. The Kier molecular flexibility index (Phi) is 6.34. The maximum Gasteiger partial charge on any atom is 0.311 e. The van der Waals surface area contributed by atoms with Gasteiger partial charge in [-0.3, -0.25) is 19.3 Å². The lowest BCUT2D eigenvalue weighted by Crippen LogP contribution is -2.49. The Morgan fingerprint density at radius 3 is 2.04 bits per heavy atom. The minimum atomic E-state index is -0.591. The second-order valence-corrected chi connectivity index (χ2v) is 7.38. The summed E-state index contributed by atoms with van der Waals surface area (Å²) < 4.78 is 9.93. The quantitative estimate of drug-likeness (QED) is 0.713. The largest absolute Gasteiger partial charge is 0.469 e. The van der Waals surface area contributed by atoms with Crippen molar-refractivity contribution in [2.75, 3.05) is 14.2 Å². The number of methoxy groups -OCH3 is 2. The van der Waals surface area contributed by atoms with Crippen molar-refractivity contribution in [3.8, 4) is 0 Å². The van der Waals surface area contributed by atoms with E-state index in [1.165, 1.54) is 14.2 Å². The average molecular weight is 388 g/mol. The van der Waals surface area contributed by atoms with Crippen molar-refractivity contribution in [2.24, 2.45) is 11.8 Å². The lowest BCUT2D eigenvalue weighted by atomic mass is 9.79. The molecule has 0 spiro atoms. The van der Waals surface area contributed by atoms with Crippen molar-refractivity contribution < 1.29 is 23.9 Å². The molecule has 1 aromatic carbocycles. The molecule has 1 N–H and O–H groups in total. The highest BCUT2D eigenvalue weighted by Gasteiger charge is 2.61. The molecule has 2 fully saturated rings. The molecule has 2 aliphatic rings. The van der Waals surface area contributed by atoms with Crippen LogP contribution >= 0.6 is 0 Å². The van der Waals surface area contributed by atoms with E-state index >= 15 is 0 Å². The van der Waals surface area contributed by atoms with Crippen LogP contribution in [0.25, 0.3) is 0 Å². The highest BCUT2D eigenvalue weighted by molar-refractivity contribution is 5.86. The molecule has 7 nitrogen and oxygen atoms in total. The number of benzene rings is 1. The second kappa shape index (κ2) is 8.73. The third-order valence-corrected chi connectivity index (χ3v) is 6.05. The van der Waals surface area contributed by atoms with Crippen LogP contribution in [0.15, 0.2) is 30.3 Å². The van der Waals surface area contributed by atoms with Crippen molar-refractivity contribution in [3.63, 3.8) is 0 Å². The number of carbonyl (C=O) groups is 3. The first kappa shape index (κ1) is 20.3. The molecule has 28 heavy (non-hydrogen) atoms. The first-order chi connectivity index (χ1) is 13.5. The van der Waals surface area contributed by atoms with Gasteiger partial charge in [0.15, 0.2) is 0 Å². The summed E-state index contributed by atoms with van der Waals surface area (Å²) in [6.45, 7) is 2.39. The number of hydrogen-bond donors (Lipinski definition) is 1. The molecule has 0 aromatic heterocycles. The molecule has 5 atom stereocenters. The zero-order valence-corrected chi connectivity index (χ0v) is 16.6. The minimum Gasteiger partial charge on any atom is -0.469 e. The number of carbonyl (C=O) groups excluding carboxylic acids is 3. The molecular weight excluding hydrogens is 360 g/mol. The Morgan fingerprint density at radius 1 is 1.04 bits per heavy atom. The van der Waals surface area contributed by atoms with Gasteiger partial charge in [0, 0.05) is 18.6 Å². The van der Waals surface area contributed by atoms with Gasteiger partial charge in [-0.2, -0.15) is 0 Å². The monoisotopic (exact) mass is 388 g/mol. The summed E-state index contributed by atoms with van der Waals surface area (Å²) in [6.07, 6.45) is 2.12. The lowest BCUT2D eigenvalue weighted by Gasteiger charge is -2.31. The fourth-order valence-electron chi connectivity index (χ4n) is 4.87. The van der Waals surface area contributed by atoms with Crippen LogP contribution in [0.2, 0.25) is 0 Å². The maximum atomic E-state index is 13.0. The second-order valence-electron chi connectivity index (χ2n) is 7.38. The third-order valence-electron chi connectivity index (χ3n) is 6.05. The van der Waals surface area contributed by atoms with Gasteiger partial charge in [-0.05, 0) is 24.8 Å². The zero-order chi connectivity index (χ0) is 20.3. The van der Waals surface area contributed by atoms with Crippen molar-refractivity contribution >= 4 is 17.8 Å². The van der Waals surface area contributed by atoms with E-state index in [4.69, 9.17) is 9.47 Å². The number of esters is 2. The number of fused-ring (bicyclic) bond motifs is 2. The summed E-state index contributed by atoms with van der Waals surface area (Å²) in [5, 5.41) is 3.00. The third kappa shape index (κ3) is 3.63. The Bertz CT molecular complexity index is 693. The number of nitrogens with one attached hydrogen (secondary N) is 1. The summed E-state index contributed by atoms with van der Waals surface area (Å²) in [5.74, 6) is -2.09. The van der Waals surface area contributed by atoms with E-state index in [1.807, 2.05) is 37.3 Å². The van der Waals surface area contributed by atoms with E-state index < -0.39 is 29.8 Å². The fourth-order valence-corrected chi connectivity index (χ4v) is 4.87. The molecule has 1 unspecified atom stereocenters. The first-order valence-electron chi connectivity index (χ1n) is 9.78. The van der Waals surface area contributed by atoms with Gasteiger partial charge in [-0.1, -0.05) is 37.3 Å². The smallest absolute Gasteiger partial charge is 0.311 e. The van der Waals surface area contributed by atoms with Crippen molar-refractivity contribution in [3.05, 3.63) is 35.9 Å². The molecule has 152 valence electrons. The minimum absolute atomic E-state index is 0.0858. The van der Waals surface area contributed by atoms with Gasteiger partial charge in [0.05, 0.1) is 32.1 Å². The summed E-state index contributed by atoms with van der Waals surface area (Å²) in [6, 6.07) is 8.94. The molecule has 3 rings (SSSR count). The average Bonchev–Trinajstić information content (AvgIpc) is 3.28. The normalized spacial score (nSPS) is 27.2. The predicted octanol–water partition coefficient (Wildman–Crippen LogP) is 1.51. The Morgan fingerprint density at radius 2 is 1.57 bits per heavy atom. The molecule has 2 heterocycles. The molecule has 0 radical (unpaired) electrons. The molecule has 0 saturated carbocycles. The van der Waals surface area contributed by atoms with Crippen LogP contribution in [0.5, 0.6) is 0 Å². The number of nitrogens with zero attached hydrogens (tertiary/aromatic N) is 1. The van der Waals surface area contributed by atoms with Crippen LogP contribution < -0.4 is 5.32 Å². The highest BCUT2D eigenvalue weighted by atomic mass is 16.5. The molecule has 1 amide bonds. The van der Waals surface area contributed by atoms with Crippen molar-refractivity contribution in [1.82, 2.24) is 10.2 Å². The summed E-state index contributed by atoms with van der Waals surface area (Å²) in [5.41, 5.74) is 1.02. The van der Waals surface area contributed by atoms with Crippen molar-refractivity contribution in [1.29, 1.82) is 0 Å². The molecular formula is C21H28N2O5. The van der Waals surface area contributed by atoms with E-state index in [1.54, 1.807) is 0 Å². The zero-order valence-electron chi connectivity index (χ0n) is 16.6. The fraction of sp³-hybridized carbons (Fsp3) is 0.571. The highest BCUT2D eigenvalue weighted by Crippen LogP contribution is 2.48. The summed E-state index contributed by atoms with van der Waals surface area (Å²) in [7, 11) is 2.66. The predicted molar refractivity (Wildman–Crippen MR) is 102 cm³/mol. The van der Waals surface area contributed by atoms with Crippen molar-refractivity contribution in [2.45, 2.75) is 50.9 Å². The number of amides is 1. The van der Waals surface area contributed by atoms with Crippen LogP contribution in [-0.2, 0) is 30.4 Å². The Balaban J connectivity index is 1.79. The maximum absolute atomic E-state index is 13.0. The number of ether oxygens (including phenoxy) is 2. The number of hydrogen-bond acceptors (Lipinski definition) is 6. The van der Waals surface area contributed by atoms with E-state index in [9.17, 15) is 14.4 Å². The van der Waals surface area contributed by atoms with E-state index in [0.717, 1.165) is 18.4 Å². The Hall–Kier alpha value is -2.41. The van der Waals surface area contributed by atoms with Crippen LogP contribution in [0.3, 0.4) is 0 Å². The van der Waals surface area contributed by atoms with Gasteiger partial charge < -0.3 is 14.8 Å². The van der Waals surface area contributed by atoms with Gasteiger partial charge in [0.1, 0.15) is 0 Å². The van der Waals surface area contributed by atoms with Gasteiger partial charge in [-0.15, -0.1) is 0 Å². The molecule has 2 saturated heterocycles. The van der Waals surface area contributed by atoms with Crippen LogP contribution in [0, 0.1) is 11.8 Å². The van der Waals surface area contributed by atoms with E-state index in [2.05, 4.69) is 10.2 Å². The van der Waals surface area contributed by atoms with Gasteiger partial charge in [-0.25, -0.2) is 0 Å². The number of rotatable bonds is 7. The van der Waals surface area contributed by atoms with Crippen LogP contribution in [0.1, 0.15) is 31.7 Å². The summed E-state index contributed by atoms with van der Waals surface area (Å²) in [4.78, 5) is 39.8. The molecule has 1 aromatic rings. The Labute approximate surface area is 165 Å². The van der Waals surface area contributed by atoms with Crippen LogP contribution in [0.4, 0.5) is 0 Å². The first-order valence-corrected chi connectivity index (χ1v) is 9.78. The molecule has 0 aliphatic carbocycles. The van der Waals surface area contributed by atoms with Gasteiger partial charge in [0.2, 0.25) is 5.91 Å². The molecule has 7 heteroatoms. The SMILES string of the molecule is CCC(C(=O)NCc1ccccc1)N1[C@@H]2CC[C@H]1[C@@H](C(=O)OC)[C@@H]2C(=O)OC.